The molecule has 1 atom stereocenters. The van der Waals surface area contributed by atoms with Crippen molar-refractivity contribution < 1.29 is 0 Å². The van der Waals surface area contributed by atoms with Gasteiger partial charge in [0.2, 0.25) is 0 Å². The molecule has 0 saturated carbocycles. The van der Waals surface area contributed by atoms with Crippen LogP contribution in [0.4, 0.5) is 0 Å². The van der Waals surface area contributed by atoms with Crippen LogP contribution < -0.4 is 0 Å². The van der Waals surface area contributed by atoms with Crippen LogP contribution in [0.15, 0.2) is 42.3 Å². The SMILES string of the molecule is CC#CC1=CCC(n2cccn2)C=C1. The Labute approximate surface area is 83.9 Å². The average molecular weight is 184 g/mol. The summed E-state index contributed by atoms with van der Waals surface area (Å²) in [5.41, 5.74) is 1.11. The van der Waals surface area contributed by atoms with Crippen LogP contribution in [0.1, 0.15) is 19.4 Å². The van der Waals surface area contributed by atoms with Crippen molar-refractivity contribution in [3.63, 3.8) is 0 Å². The first-order valence-corrected chi connectivity index (χ1v) is 4.70. The molecule has 2 heteroatoms. The summed E-state index contributed by atoms with van der Waals surface area (Å²) in [6.07, 6.45) is 11.1. The lowest BCUT2D eigenvalue weighted by atomic mass is 10.0. The minimum absolute atomic E-state index is 0.354. The highest BCUT2D eigenvalue weighted by Gasteiger charge is 2.08. The molecule has 1 unspecified atom stereocenters. The van der Waals surface area contributed by atoms with Gasteiger partial charge in [-0.3, -0.25) is 4.68 Å². The molecule has 0 N–H and O–H groups in total. The molecule has 0 amide bonds. The number of aromatic nitrogens is 2. The predicted octanol–water partition coefficient (Wildman–Crippen LogP) is 2.33. The molecule has 1 aliphatic carbocycles. The van der Waals surface area contributed by atoms with Crippen LogP contribution >= 0.6 is 0 Å². The molecule has 0 aliphatic heterocycles. The molecule has 2 rings (SSSR count). The first-order valence-electron chi connectivity index (χ1n) is 4.70. The van der Waals surface area contributed by atoms with Crippen LogP contribution in [0.5, 0.6) is 0 Å². The second-order valence-electron chi connectivity index (χ2n) is 3.18. The maximum Gasteiger partial charge on any atom is 0.0737 e. The zero-order valence-electron chi connectivity index (χ0n) is 8.14. The average Bonchev–Trinajstić information content (AvgIpc) is 2.72. The molecule has 0 fully saturated rings. The molecule has 14 heavy (non-hydrogen) atoms. The Morgan fingerprint density at radius 2 is 2.50 bits per heavy atom. The van der Waals surface area contributed by atoms with Gasteiger partial charge < -0.3 is 0 Å². The van der Waals surface area contributed by atoms with Crippen molar-refractivity contribution in [1.29, 1.82) is 0 Å². The van der Waals surface area contributed by atoms with Crippen molar-refractivity contribution in [3.8, 4) is 11.8 Å². The zero-order valence-corrected chi connectivity index (χ0v) is 8.14. The Kier molecular flexibility index (Phi) is 2.51. The maximum absolute atomic E-state index is 4.21. The molecular weight excluding hydrogens is 172 g/mol. The van der Waals surface area contributed by atoms with Crippen LogP contribution in [0, 0.1) is 11.8 Å². The summed E-state index contributed by atoms with van der Waals surface area (Å²) in [6, 6.07) is 2.30. The van der Waals surface area contributed by atoms with E-state index < -0.39 is 0 Å². The van der Waals surface area contributed by atoms with Crippen molar-refractivity contribution in [2.24, 2.45) is 0 Å². The van der Waals surface area contributed by atoms with Gasteiger partial charge in [0.1, 0.15) is 0 Å². The predicted molar refractivity (Wildman–Crippen MR) is 56.6 cm³/mol. The van der Waals surface area contributed by atoms with Crippen molar-refractivity contribution in [2.75, 3.05) is 0 Å². The number of rotatable bonds is 1. The molecule has 0 saturated heterocycles. The molecule has 1 aliphatic rings. The van der Waals surface area contributed by atoms with E-state index in [-0.39, 0.29) is 0 Å². The highest BCUT2D eigenvalue weighted by molar-refractivity contribution is 5.40. The van der Waals surface area contributed by atoms with Crippen molar-refractivity contribution in [3.05, 3.63) is 42.3 Å². The molecule has 1 heterocycles. The van der Waals surface area contributed by atoms with E-state index in [0.717, 1.165) is 12.0 Å². The Hall–Kier alpha value is -1.75. The molecule has 0 aromatic carbocycles. The van der Waals surface area contributed by atoms with E-state index >= 15 is 0 Å². The van der Waals surface area contributed by atoms with E-state index in [0.29, 0.717) is 6.04 Å². The minimum Gasteiger partial charge on any atom is -0.266 e. The molecule has 0 radical (unpaired) electrons. The van der Waals surface area contributed by atoms with Gasteiger partial charge in [0.05, 0.1) is 6.04 Å². The molecule has 1 aromatic rings. The maximum atomic E-state index is 4.21. The Bertz CT molecular complexity index is 413. The summed E-state index contributed by atoms with van der Waals surface area (Å²) in [7, 11) is 0. The molecule has 0 spiro atoms. The second kappa shape index (κ2) is 3.97. The van der Waals surface area contributed by atoms with Crippen molar-refractivity contribution >= 4 is 0 Å². The van der Waals surface area contributed by atoms with Crippen molar-refractivity contribution in [1.82, 2.24) is 9.78 Å². The smallest absolute Gasteiger partial charge is 0.0737 e. The molecule has 70 valence electrons. The van der Waals surface area contributed by atoms with Crippen LogP contribution in [0.2, 0.25) is 0 Å². The van der Waals surface area contributed by atoms with E-state index in [9.17, 15) is 0 Å². The lowest BCUT2D eigenvalue weighted by molar-refractivity contribution is 0.540. The first-order chi connectivity index (χ1) is 6.90. The van der Waals surface area contributed by atoms with E-state index in [1.54, 1.807) is 6.20 Å². The largest absolute Gasteiger partial charge is 0.266 e. The van der Waals surface area contributed by atoms with Gasteiger partial charge in [-0.2, -0.15) is 5.10 Å². The number of hydrogen-bond donors (Lipinski definition) is 0. The van der Waals surface area contributed by atoms with Gasteiger partial charge in [0.15, 0.2) is 0 Å². The summed E-state index contributed by atoms with van der Waals surface area (Å²) in [4.78, 5) is 0. The minimum atomic E-state index is 0.354. The fraction of sp³-hybridized carbons (Fsp3) is 0.250. The molecule has 1 aromatic heterocycles. The number of nitrogens with zero attached hydrogens (tertiary/aromatic N) is 2. The van der Waals surface area contributed by atoms with E-state index in [1.807, 2.05) is 23.9 Å². The van der Waals surface area contributed by atoms with Crippen LogP contribution in [-0.4, -0.2) is 9.78 Å². The number of hydrogen-bond acceptors (Lipinski definition) is 1. The Balaban J connectivity index is 2.10. The number of allylic oxidation sites excluding steroid dienone is 4. The normalized spacial score (nSPS) is 19.8. The summed E-state index contributed by atoms with van der Waals surface area (Å²) >= 11 is 0. The topological polar surface area (TPSA) is 17.8 Å². The highest BCUT2D eigenvalue weighted by atomic mass is 15.3. The van der Waals surface area contributed by atoms with Crippen LogP contribution in [0.3, 0.4) is 0 Å². The van der Waals surface area contributed by atoms with Gasteiger partial charge in [-0.15, -0.1) is 5.92 Å². The summed E-state index contributed by atoms with van der Waals surface area (Å²) in [5.74, 6) is 5.94. The zero-order chi connectivity index (χ0) is 9.80. The van der Waals surface area contributed by atoms with Crippen molar-refractivity contribution in [2.45, 2.75) is 19.4 Å². The van der Waals surface area contributed by atoms with Gasteiger partial charge in [-0.1, -0.05) is 18.1 Å². The van der Waals surface area contributed by atoms with Gasteiger partial charge in [-0.05, 0) is 25.5 Å². The summed E-state index contributed by atoms with van der Waals surface area (Å²) < 4.78 is 1.96. The third-order valence-electron chi connectivity index (χ3n) is 2.21. The third kappa shape index (κ3) is 1.77. The van der Waals surface area contributed by atoms with E-state index in [2.05, 4.69) is 35.2 Å². The molecular formula is C12H12N2. The van der Waals surface area contributed by atoms with E-state index in [1.165, 1.54) is 0 Å². The van der Waals surface area contributed by atoms with Crippen LogP contribution in [0.25, 0.3) is 0 Å². The van der Waals surface area contributed by atoms with Crippen LogP contribution in [-0.2, 0) is 0 Å². The first kappa shape index (κ1) is 8.83. The molecule has 0 bridgehead atoms. The highest BCUT2D eigenvalue weighted by Crippen LogP contribution is 2.19. The second-order valence-corrected chi connectivity index (χ2v) is 3.18. The fourth-order valence-electron chi connectivity index (χ4n) is 1.52. The summed E-state index contributed by atoms with van der Waals surface area (Å²) in [6.45, 7) is 1.86. The standard InChI is InChI=1S/C12H12N2/c1-2-4-11-5-7-12(8-6-11)14-10-3-9-13-14/h3,5-7,9-10,12H,8H2,1H3. The lowest BCUT2D eigenvalue weighted by Crippen LogP contribution is -2.08. The van der Waals surface area contributed by atoms with Gasteiger partial charge in [-0.25, -0.2) is 0 Å². The molecule has 2 nitrogen and oxygen atoms in total. The monoisotopic (exact) mass is 184 g/mol. The van der Waals surface area contributed by atoms with E-state index in [4.69, 9.17) is 0 Å². The van der Waals surface area contributed by atoms with Gasteiger partial charge in [0, 0.05) is 18.0 Å². The van der Waals surface area contributed by atoms with Gasteiger partial charge >= 0.3 is 0 Å². The Morgan fingerprint density at radius 1 is 1.57 bits per heavy atom. The summed E-state index contributed by atoms with van der Waals surface area (Å²) in [5, 5.41) is 4.21. The quantitative estimate of drug-likeness (QED) is 0.612. The Morgan fingerprint density at radius 3 is 3.07 bits per heavy atom. The van der Waals surface area contributed by atoms with Gasteiger partial charge in [0.25, 0.3) is 0 Å². The lowest BCUT2D eigenvalue weighted by Gasteiger charge is -2.14. The third-order valence-corrected chi connectivity index (χ3v) is 2.21. The fourth-order valence-corrected chi connectivity index (χ4v) is 1.52.